The number of amides is 1. The van der Waals surface area contributed by atoms with E-state index in [1.54, 1.807) is 6.07 Å². The summed E-state index contributed by atoms with van der Waals surface area (Å²) in [7, 11) is 0. The first-order chi connectivity index (χ1) is 10.1. The summed E-state index contributed by atoms with van der Waals surface area (Å²) in [6.45, 7) is 0. The van der Waals surface area contributed by atoms with Gasteiger partial charge < -0.3 is 11.1 Å². The van der Waals surface area contributed by atoms with Crippen molar-refractivity contribution in [2.24, 2.45) is 11.7 Å². The number of halogens is 3. The number of nitrogens with two attached hydrogens (primary N) is 1. The lowest BCUT2D eigenvalue weighted by atomic mass is 9.99. The first-order valence-corrected chi connectivity index (χ1v) is 8.33. The Kier molecular flexibility index (Phi) is 6.00. The predicted molar refractivity (Wildman–Crippen MR) is 92.8 cm³/mol. The lowest BCUT2D eigenvalue weighted by Gasteiger charge is -2.18. The average molecular weight is 364 g/mol. The normalized spacial score (nSPS) is 26.4. The minimum atomic E-state index is 0. The highest BCUT2D eigenvalue weighted by Gasteiger charge is 2.29. The van der Waals surface area contributed by atoms with E-state index >= 15 is 0 Å². The van der Waals surface area contributed by atoms with E-state index in [1.807, 2.05) is 6.07 Å². The molecule has 0 heterocycles. The molecule has 3 nitrogen and oxygen atoms in total. The van der Waals surface area contributed by atoms with Gasteiger partial charge in [-0.25, -0.2) is 0 Å². The van der Waals surface area contributed by atoms with Crippen molar-refractivity contribution in [2.45, 2.75) is 50.6 Å². The van der Waals surface area contributed by atoms with Gasteiger partial charge in [-0.3, -0.25) is 4.79 Å². The molecule has 0 aliphatic heterocycles. The van der Waals surface area contributed by atoms with E-state index in [1.165, 1.54) is 0 Å². The van der Waals surface area contributed by atoms with E-state index in [0.717, 1.165) is 43.2 Å². The van der Waals surface area contributed by atoms with Crippen molar-refractivity contribution in [3.63, 3.8) is 0 Å². The third-order valence-electron chi connectivity index (χ3n) is 4.79. The second-order valence-corrected chi connectivity index (χ2v) is 6.93. The molecule has 1 fully saturated rings. The van der Waals surface area contributed by atoms with Gasteiger partial charge in [0.1, 0.15) is 0 Å². The van der Waals surface area contributed by atoms with Crippen molar-refractivity contribution in [3.05, 3.63) is 33.3 Å². The second kappa shape index (κ2) is 7.39. The van der Waals surface area contributed by atoms with E-state index in [-0.39, 0.29) is 30.4 Å². The van der Waals surface area contributed by atoms with Crippen LogP contribution in [0.2, 0.25) is 10.0 Å². The van der Waals surface area contributed by atoms with Crippen molar-refractivity contribution in [3.8, 4) is 0 Å². The van der Waals surface area contributed by atoms with Gasteiger partial charge in [-0.05, 0) is 48.8 Å². The molecule has 122 valence electrons. The molecular formula is C16H21Cl3N2O. The smallest absolute Gasteiger partial charge is 0.220 e. The molecule has 6 heteroatoms. The fourth-order valence-corrected chi connectivity index (χ4v) is 4.04. The van der Waals surface area contributed by atoms with Gasteiger partial charge in [-0.1, -0.05) is 35.7 Å². The quantitative estimate of drug-likeness (QED) is 0.851. The summed E-state index contributed by atoms with van der Waals surface area (Å²) in [6, 6.07) is 4.02. The van der Waals surface area contributed by atoms with Gasteiger partial charge >= 0.3 is 0 Å². The van der Waals surface area contributed by atoms with Gasteiger partial charge in [0.15, 0.2) is 0 Å². The Morgan fingerprint density at radius 1 is 1.27 bits per heavy atom. The highest BCUT2D eigenvalue weighted by molar-refractivity contribution is 6.42. The molecule has 22 heavy (non-hydrogen) atoms. The van der Waals surface area contributed by atoms with E-state index in [4.69, 9.17) is 28.9 Å². The molecule has 2 aliphatic carbocycles. The molecule has 1 aromatic carbocycles. The van der Waals surface area contributed by atoms with Crippen LogP contribution in [-0.4, -0.2) is 11.9 Å². The fraction of sp³-hybridized carbons (Fsp3) is 0.562. The van der Waals surface area contributed by atoms with Crippen LogP contribution >= 0.6 is 35.6 Å². The van der Waals surface area contributed by atoms with E-state index in [2.05, 4.69) is 5.32 Å². The van der Waals surface area contributed by atoms with Crippen molar-refractivity contribution < 1.29 is 4.79 Å². The van der Waals surface area contributed by atoms with Crippen LogP contribution in [0.4, 0.5) is 0 Å². The maximum atomic E-state index is 12.2. The maximum absolute atomic E-state index is 12.2. The van der Waals surface area contributed by atoms with Crippen LogP contribution in [0, 0.1) is 5.92 Å². The molecule has 1 amide bonds. The van der Waals surface area contributed by atoms with Crippen molar-refractivity contribution in [1.29, 1.82) is 0 Å². The average Bonchev–Trinajstić information content (AvgIpc) is 3.02. The van der Waals surface area contributed by atoms with Crippen LogP contribution in [0.1, 0.15) is 49.3 Å². The van der Waals surface area contributed by atoms with Gasteiger partial charge in [0.2, 0.25) is 5.91 Å². The standard InChI is InChI=1S/C16H20Cl2N2O.ClH/c17-12-6-4-10-11(16(12)18)5-7-14(10)20-15(21)8-9-2-1-3-13(9)19;/h4,6,9,13-14H,1-3,5,7-8,19H2,(H,20,21);1H/t9-,13+,14?;/m0./s1. The van der Waals surface area contributed by atoms with Crippen LogP contribution in [0.15, 0.2) is 12.1 Å². The van der Waals surface area contributed by atoms with Gasteiger partial charge in [0.05, 0.1) is 16.1 Å². The van der Waals surface area contributed by atoms with Gasteiger partial charge in [-0.15, -0.1) is 12.4 Å². The van der Waals surface area contributed by atoms with Gasteiger partial charge in [0, 0.05) is 12.5 Å². The molecule has 3 atom stereocenters. The molecule has 0 saturated heterocycles. The van der Waals surface area contributed by atoms with Crippen molar-refractivity contribution in [1.82, 2.24) is 5.32 Å². The summed E-state index contributed by atoms with van der Waals surface area (Å²) < 4.78 is 0. The Morgan fingerprint density at radius 3 is 2.73 bits per heavy atom. The number of hydrogen-bond donors (Lipinski definition) is 2. The molecule has 0 spiro atoms. The number of nitrogens with one attached hydrogen (secondary N) is 1. The summed E-state index contributed by atoms with van der Waals surface area (Å²) in [5, 5.41) is 4.34. The summed E-state index contributed by atoms with van der Waals surface area (Å²) >= 11 is 12.3. The van der Waals surface area contributed by atoms with Gasteiger partial charge in [0.25, 0.3) is 0 Å². The second-order valence-electron chi connectivity index (χ2n) is 6.15. The summed E-state index contributed by atoms with van der Waals surface area (Å²) in [4.78, 5) is 12.2. The number of benzene rings is 1. The Labute approximate surface area is 147 Å². The molecule has 3 rings (SSSR count). The number of carbonyl (C=O) groups excluding carboxylic acids is 1. The monoisotopic (exact) mass is 362 g/mol. The predicted octanol–water partition coefficient (Wildman–Crippen LogP) is 4.04. The first-order valence-electron chi connectivity index (χ1n) is 7.58. The fourth-order valence-electron chi connectivity index (χ4n) is 3.59. The minimum absolute atomic E-state index is 0. The van der Waals surface area contributed by atoms with Crippen molar-refractivity contribution >= 4 is 41.5 Å². The molecule has 1 unspecified atom stereocenters. The minimum Gasteiger partial charge on any atom is -0.349 e. The van der Waals surface area contributed by atoms with E-state index in [9.17, 15) is 4.79 Å². The van der Waals surface area contributed by atoms with Crippen LogP contribution < -0.4 is 11.1 Å². The number of rotatable bonds is 3. The van der Waals surface area contributed by atoms with Crippen LogP contribution in [-0.2, 0) is 11.2 Å². The molecule has 2 aliphatic rings. The van der Waals surface area contributed by atoms with E-state index < -0.39 is 0 Å². The zero-order chi connectivity index (χ0) is 15.0. The number of carbonyl (C=O) groups is 1. The van der Waals surface area contributed by atoms with Crippen molar-refractivity contribution in [2.75, 3.05) is 0 Å². The molecule has 0 bridgehead atoms. The highest BCUT2D eigenvalue weighted by Crippen LogP contribution is 2.39. The van der Waals surface area contributed by atoms with Gasteiger partial charge in [-0.2, -0.15) is 0 Å². The zero-order valence-electron chi connectivity index (χ0n) is 12.3. The van der Waals surface area contributed by atoms with Crippen LogP contribution in [0.3, 0.4) is 0 Å². The highest BCUT2D eigenvalue weighted by atomic mass is 35.5. The number of hydrogen-bond acceptors (Lipinski definition) is 2. The maximum Gasteiger partial charge on any atom is 0.220 e. The summed E-state index contributed by atoms with van der Waals surface area (Å²) in [6.07, 6.45) is 5.53. The number of fused-ring (bicyclic) bond motifs is 1. The zero-order valence-corrected chi connectivity index (χ0v) is 14.6. The molecule has 0 aromatic heterocycles. The Morgan fingerprint density at radius 2 is 2.05 bits per heavy atom. The van der Waals surface area contributed by atoms with E-state index in [0.29, 0.717) is 22.4 Å². The summed E-state index contributed by atoms with van der Waals surface area (Å²) in [5.41, 5.74) is 8.22. The Balaban J connectivity index is 0.00000176. The molecule has 1 saturated carbocycles. The first kappa shape index (κ1) is 17.9. The molecule has 1 aromatic rings. The SMILES string of the molecule is Cl.N[C@@H]1CCC[C@H]1CC(=O)NC1CCc2c1ccc(Cl)c2Cl. The topological polar surface area (TPSA) is 55.1 Å². The Hall–Kier alpha value is -0.480. The largest absolute Gasteiger partial charge is 0.349 e. The molecular weight excluding hydrogens is 343 g/mol. The Bertz CT molecular complexity index is 565. The molecule has 0 radical (unpaired) electrons. The lowest BCUT2D eigenvalue weighted by Crippen LogP contribution is -2.33. The van der Waals surface area contributed by atoms with Crippen LogP contribution in [0.5, 0.6) is 0 Å². The summed E-state index contributed by atoms with van der Waals surface area (Å²) in [5.74, 6) is 0.431. The third kappa shape index (κ3) is 3.53. The van der Waals surface area contributed by atoms with Crippen LogP contribution in [0.25, 0.3) is 0 Å². The lowest BCUT2D eigenvalue weighted by molar-refractivity contribution is -0.122. The molecule has 3 N–H and O–H groups in total. The third-order valence-corrected chi connectivity index (χ3v) is 5.63.